The Bertz CT molecular complexity index is 1420. The quantitative estimate of drug-likeness (QED) is 0.526. The van der Waals surface area contributed by atoms with Crippen molar-refractivity contribution in [3.63, 3.8) is 0 Å². The molecular weight excluding hydrogens is 386 g/mol. The summed E-state index contributed by atoms with van der Waals surface area (Å²) in [6.45, 7) is 0.0993. The number of rotatable bonds is 3. The molecule has 0 saturated carbocycles. The molecule has 5 rings (SSSR count). The molecule has 4 aromatic rings. The average molecular weight is 399 g/mol. The molecule has 28 heavy (non-hydrogen) atoms. The highest BCUT2D eigenvalue weighted by Crippen LogP contribution is 2.35. The van der Waals surface area contributed by atoms with Crippen LogP contribution in [0, 0.1) is 0 Å². The number of nitrogens with one attached hydrogen (secondary N) is 1. The molecule has 2 aromatic carbocycles. The van der Waals surface area contributed by atoms with Gasteiger partial charge < -0.3 is 18.5 Å². The molecule has 10 heteroatoms. The first-order valence-corrected chi connectivity index (χ1v) is 9.71. The van der Waals surface area contributed by atoms with E-state index in [0.29, 0.717) is 28.1 Å². The van der Waals surface area contributed by atoms with Crippen molar-refractivity contribution < 1.29 is 22.3 Å². The lowest BCUT2D eigenvalue weighted by atomic mass is 10.2. The van der Waals surface area contributed by atoms with Gasteiger partial charge in [-0.15, -0.1) is 0 Å². The topological polar surface area (TPSA) is 113 Å². The first kappa shape index (κ1) is 16.6. The fourth-order valence-electron chi connectivity index (χ4n) is 3.17. The van der Waals surface area contributed by atoms with Crippen LogP contribution in [0.1, 0.15) is 0 Å². The third kappa shape index (κ3) is 2.49. The van der Waals surface area contributed by atoms with Crippen LogP contribution in [0.4, 0.5) is 5.69 Å². The number of anilines is 1. The summed E-state index contributed by atoms with van der Waals surface area (Å²) < 4.78 is 45.7. The van der Waals surface area contributed by atoms with Crippen molar-refractivity contribution in [2.24, 2.45) is 7.05 Å². The molecule has 0 fully saturated rings. The summed E-state index contributed by atoms with van der Waals surface area (Å²) in [7, 11) is -2.17. The molecule has 2 aromatic heterocycles. The van der Waals surface area contributed by atoms with Crippen LogP contribution in [0.15, 0.2) is 56.8 Å². The summed E-state index contributed by atoms with van der Waals surface area (Å²) in [5.41, 5.74) is 0.703. The van der Waals surface area contributed by atoms with E-state index in [1.165, 1.54) is 24.5 Å². The second-order valence-corrected chi connectivity index (χ2v) is 7.96. The fraction of sp³-hybridized carbons (Fsp3) is 0.111. The van der Waals surface area contributed by atoms with Gasteiger partial charge in [-0.1, -0.05) is 0 Å². The maximum Gasteiger partial charge on any atom is 0.364 e. The Kier molecular flexibility index (Phi) is 3.40. The van der Waals surface area contributed by atoms with Crippen LogP contribution in [0.25, 0.3) is 22.0 Å². The number of aromatic nitrogens is 2. The Labute approximate surface area is 158 Å². The largest absolute Gasteiger partial charge is 0.454 e. The third-order valence-corrected chi connectivity index (χ3v) is 5.85. The number of aryl methyl sites for hydroxylation is 1. The van der Waals surface area contributed by atoms with E-state index in [9.17, 15) is 13.2 Å². The zero-order valence-electron chi connectivity index (χ0n) is 14.5. The van der Waals surface area contributed by atoms with Crippen molar-refractivity contribution >= 4 is 37.7 Å². The normalized spacial score (nSPS) is 13.3. The summed E-state index contributed by atoms with van der Waals surface area (Å²) in [5.74, 6) is 1.03. The Morgan fingerprint density at radius 1 is 1.11 bits per heavy atom. The molecule has 0 amide bonds. The second kappa shape index (κ2) is 5.73. The number of hydrogen-bond donors (Lipinski definition) is 1. The maximum absolute atomic E-state index is 12.9. The zero-order chi connectivity index (χ0) is 19.5. The summed E-state index contributed by atoms with van der Waals surface area (Å²) in [5, 5.41) is 0.475. The van der Waals surface area contributed by atoms with Gasteiger partial charge in [0.1, 0.15) is 5.58 Å². The number of benzene rings is 2. The third-order valence-electron chi connectivity index (χ3n) is 4.47. The smallest absolute Gasteiger partial charge is 0.364 e. The van der Waals surface area contributed by atoms with Gasteiger partial charge in [0.2, 0.25) is 6.79 Å². The lowest BCUT2D eigenvalue weighted by molar-refractivity contribution is 0.174. The van der Waals surface area contributed by atoms with Crippen LogP contribution in [0.2, 0.25) is 0 Å². The van der Waals surface area contributed by atoms with Crippen LogP contribution in [-0.2, 0) is 17.1 Å². The lowest BCUT2D eigenvalue weighted by Gasteiger charge is -2.10. The monoisotopic (exact) mass is 399 g/mol. The number of imidazole rings is 1. The Morgan fingerprint density at radius 2 is 1.93 bits per heavy atom. The SMILES string of the molecule is Cn1cnc2c(=O)oc3ccc(S(=O)(=O)Nc4ccc5c(c4)OCO5)cc3c21. The molecule has 1 N–H and O–H groups in total. The minimum Gasteiger partial charge on any atom is -0.454 e. The number of nitrogens with zero attached hydrogens (tertiary/aromatic N) is 2. The van der Waals surface area contributed by atoms with E-state index in [-0.39, 0.29) is 22.8 Å². The molecule has 0 atom stereocenters. The molecule has 9 nitrogen and oxygen atoms in total. The summed E-state index contributed by atoms with van der Waals surface area (Å²) in [6, 6.07) is 9.07. The highest BCUT2D eigenvalue weighted by molar-refractivity contribution is 7.92. The van der Waals surface area contributed by atoms with Gasteiger partial charge in [0.15, 0.2) is 17.0 Å². The molecule has 3 heterocycles. The van der Waals surface area contributed by atoms with Crippen molar-refractivity contribution in [2.75, 3.05) is 11.5 Å². The van der Waals surface area contributed by atoms with E-state index in [0.717, 1.165) is 0 Å². The maximum atomic E-state index is 12.9. The molecule has 0 unspecified atom stereocenters. The Hall–Kier alpha value is -3.53. The summed E-state index contributed by atoms with van der Waals surface area (Å²) in [4.78, 5) is 16.1. The minimum absolute atomic E-state index is 0.0222. The van der Waals surface area contributed by atoms with Crippen molar-refractivity contribution in [1.29, 1.82) is 0 Å². The molecule has 0 saturated heterocycles. The van der Waals surface area contributed by atoms with Gasteiger partial charge in [-0.2, -0.15) is 0 Å². The predicted molar refractivity (Wildman–Crippen MR) is 100 cm³/mol. The van der Waals surface area contributed by atoms with E-state index in [1.54, 1.807) is 29.8 Å². The van der Waals surface area contributed by atoms with E-state index < -0.39 is 15.6 Å². The van der Waals surface area contributed by atoms with E-state index in [1.807, 2.05) is 0 Å². The second-order valence-electron chi connectivity index (χ2n) is 6.27. The molecule has 142 valence electrons. The number of sulfonamides is 1. The zero-order valence-corrected chi connectivity index (χ0v) is 15.3. The van der Waals surface area contributed by atoms with Crippen LogP contribution in [0.3, 0.4) is 0 Å². The minimum atomic E-state index is -3.89. The lowest BCUT2D eigenvalue weighted by Crippen LogP contribution is -2.13. The van der Waals surface area contributed by atoms with Gasteiger partial charge in [0, 0.05) is 18.5 Å². The molecule has 0 spiro atoms. The van der Waals surface area contributed by atoms with Gasteiger partial charge >= 0.3 is 5.63 Å². The molecule has 1 aliphatic heterocycles. The summed E-state index contributed by atoms with van der Waals surface area (Å²) >= 11 is 0. The molecule has 1 aliphatic rings. The van der Waals surface area contributed by atoms with Crippen LogP contribution < -0.4 is 19.8 Å². The first-order chi connectivity index (χ1) is 13.4. The number of ether oxygens (including phenoxy) is 2. The van der Waals surface area contributed by atoms with Gasteiger partial charge in [-0.3, -0.25) is 4.72 Å². The van der Waals surface area contributed by atoms with Crippen molar-refractivity contribution in [3.05, 3.63) is 53.1 Å². The Balaban J connectivity index is 1.61. The van der Waals surface area contributed by atoms with Crippen LogP contribution >= 0.6 is 0 Å². The number of hydrogen-bond acceptors (Lipinski definition) is 7. The standard InChI is InChI=1S/C18H13N3O6S/c1-21-8-19-16-17(21)12-7-11(3-5-13(12)27-18(16)22)28(23,24)20-10-2-4-14-15(6-10)26-9-25-14/h2-8,20H,9H2,1H3. The summed E-state index contributed by atoms with van der Waals surface area (Å²) in [6.07, 6.45) is 1.48. The van der Waals surface area contributed by atoms with E-state index in [4.69, 9.17) is 13.9 Å². The van der Waals surface area contributed by atoms with Gasteiger partial charge in [0.25, 0.3) is 10.0 Å². The molecule has 0 radical (unpaired) electrons. The van der Waals surface area contributed by atoms with E-state index in [2.05, 4.69) is 9.71 Å². The van der Waals surface area contributed by atoms with Crippen molar-refractivity contribution in [1.82, 2.24) is 9.55 Å². The highest BCUT2D eigenvalue weighted by Gasteiger charge is 2.20. The van der Waals surface area contributed by atoms with Crippen LogP contribution in [-0.4, -0.2) is 24.8 Å². The predicted octanol–water partition coefficient (Wildman–Crippen LogP) is 2.21. The Morgan fingerprint density at radius 3 is 2.79 bits per heavy atom. The van der Waals surface area contributed by atoms with Crippen LogP contribution in [0.5, 0.6) is 11.5 Å². The number of fused-ring (bicyclic) bond motifs is 4. The molecular formula is C18H13N3O6S. The van der Waals surface area contributed by atoms with Gasteiger partial charge in [0.05, 0.1) is 22.4 Å². The van der Waals surface area contributed by atoms with Gasteiger partial charge in [-0.25, -0.2) is 18.2 Å². The van der Waals surface area contributed by atoms with Crippen molar-refractivity contribution in [3.8, 4) is 11.5 Å². The fourth-order valence-corrected chi connectivity index (χ4v) is 4.25. The van der Waals surface area contributed by atoms with Gasteiger partial charge in [-0.05, 0) is 30.3 Å². The molecule has 0 bridgehead atoms. The first-order valence-electron chi connectivity index (χ1n) is 8.23. The highest BCUT2D eigenvalue weighted by atomic mass is 32.2. The van der Waals surface area contributed by atoms with Crippen molar-refractivity contribution in [2.45, 2.75) is 4.90 Å². The van der Waals surface area contributed by atoms with E-state index >= 15 is 0 Å². The average Bonchev–Trinajstić information content (AvgIpc) is 3.28. The molecule has 0 aliphatic carbocycles.